The van der Waals surface area contributed by atoms with E-state index in [1.54, 1.807) is 0 Å². The van der Waals surface area contributed by atoms with Crippen LogP contribution in [0.15, 0.2) is 104 Å². The molecule has 3 aromatic carbocycles. The third-order valence-electron chi connectivity index (χ3n) is 6.92. The molecule has 0 N–H and O–H groups in total. The average molecular weight is 481 g/mol. The summed E-state index contributed by atoms with van der Waals surface area (Å²) in [6, 6.07) is 29.6. The van der Waals surface area contributed by atoms with Gasteiger partial charge in [0.2, 0.25) is 0 Å². The van der Waals surface area contributed by atoms with Gasteiger partial charge in [0.05, 0.1) is 0 Å². The van der Waals surface area contributed by atoms with E-state index in [0.717, 1.165) is 12.0 Å². The van der Waals surface area contributed by atoms with Crippen molar-refractivity contribution in [2.24, 2.45) is 5.92 Å². The van der Waals surface area contributed by atoms with E-state index in [0.29, 0.717) is 5.92 Å². The monoisotopic (exact) mass is 480 g/mol. The number of unbranched alkanes of at least 4 members (excludes halogenated alkanes) is 3. The lowest BCUT2D eigenvalue weighted by atomic mass is 9.90. The minimum absolute atomic E-state index is 0.618. The molecule has 0 saturated heterocycles. The van der Waals surface area contributed by atoms with E-state index >= 15 is 0 Å². The topological polar surface area (TPSA) is 0 Å². The first kappa shape index (κ1) is 29.4. The Balaban J connectivity index is 0.000000284. The van der Waals surface area contributed by atoms with Crippen molar-refractivity contribution in [1.29, 1.82) is 0 Å². The third-order valence-corrected chi connectivity index (χ3v) is 6.92. The normalized spacial score (nSPS) is 12.6. The molecule has 0 heterocycles. The molecule has 1 aliphatic rings. The van der Waals surface area contributed by atoms with Crippen LogP contribution in [-0.2, 0) is 6.42 Å². The predicted octanol–water partition coefficient (Wildman–Crippen LogP) is 11.3. The van der Waals surface area contributed by atoms with Gasteiger partial charge in [-0.3, -0.25) is 0 Å². The molecule has 1 saturated carbocycles. The van der Waals surface area contributed by atoms with Gasteiger partial charge in [-0.15, -0.1) is 0 Å². The van der Waals surface area contributed by atoms with Crippen molar-refractivity contribution in [3.63, 3.8) is 0 Å². The van der Waals surface area contributed by atoms with Gasteiger partial charge in [-0.2, -0.15) is 0 Å². The second kappa shape index (κ2) is 17.6. The van der Waals surface area contributed by atoms with Crippen LogP contribution < -0.4 is 0 Å². The highest BCUT2D eigenvalue weighted by Crippen LogP contribution is 2.24. The SMILES string of the molecule is C1CCC1.C=C(C)c1ccccc1.C=C(Cc1cccc(-c2ccccc2)c1)C(C)CCCCCC. The van der Waals surface area contributed by atoms with Crippen LogP contribution >= 0.6 is 0 Å². The lowest BCUT2D eigenvalue weighted by molar-refractivity contribution is 0.504. The van der Waals surface area contributed by atoms with E-state index in [9.17, 15) is 0 Å². The summed E-state index contributed by atoms with van der Waals surface area (Å²) in [6.45, 7) is 14.8. The van der Waals surface area contributed by atoms with Gasteiger partial charge in [0.25, 0.3) is 0 Å². The Morgan fingerprint density at radius 2 is 1.31 bits per heavy atom. The molecule has 0 heteroatoms. The van der Waals surface area contributed by atoms with Crippen molar-refractivity contribution in [3.8, 4) is 11.1 Å². The first-order valence-corrected chi connectivity index (χ1v) is 14.0. The van der Waals surface area contributed by atoms with Crippen LogP contribution in [0.5, 0.6) is 0 Å². The fourth-order valence-electron chi connectivity index (χ4n) is 3.98. The van der Waals surface area contributed by atoms with Gasteiger partial charge >= 0.3 is 0 Å². The van der Waals surface area contributed by atoms with E-state index in [2.05, 4.69) is 93.7 Å². The van der Waals surface area contributed by atoms with Gasteiger partial charge in [0.15, 0.2) is 0 Å². The van der Waals surface area contributed by atoms with E-state index in [1.807, 2.05) is 25.1 Å². The molecule has 1 unspecified atom stereocenters. The Labute approximate surface area is 222 Å². The van der Waals surface area contributed by atoms with Crippen molar-refractivity contribution < 1.29 is 0 Å². The first-order valence-electron chi connectivity index (χ1n) is 14.0. The molecule has 0 radical (unpaired) electrons. The minimum atomic E-state index is 0.618. The number of allylic oxidation sites excluding steroid dienone is 2. The third kappa shape index (κ3) is 11.7. The molecule has 1 atom stereocenters. The molecule has 4 rings (SSSR count). The molecule has 0 spiro atoms. The lowest BCUT2D eigenvalue weighted by Gasteiger charge is -2.15. The summed E-state index contributed by atoms with van der Waals surface area (Å²) in [5, 5.41) is 0. The van der Waals surface area contributed by atoms with Gasteiger partial charge in [-0.1, -0.05) is 174 Å². The maximum atomic E-state index is 4.35. The summed E-state index contributed by atoms with van der Waals surface area (Å²) in [5.74, 6) is 0.618. The summed E-state index contributed by atoms with van der Waals surface area (Å²) in [5.41, 5.74) is 7.66. The average Bonchev–Trinajstić information content (AvgIpc) is 2.87. The highest BCUT2D eigenvalue weighted by molar-refractivity contribution is 5.64. The molecule has 3 aromatic rings. The quantitative estimate of drug-likeness (QED) is 0.200. The van der Waals surface area contributed by atoms with E-state index < -0.39 is 0 Å². The molecular weight excluding hydrogens is 432 g/mol. The Bertz CT molecular complexity index is 988. The van der Waals surface area contributed by atoms with E-state index in [4.69, 9.17) is 0 Å². The molecule has 0 aromatic heterocycles. The van der Waals surface area contributed by atoms with Gasteiger partial charge in [-0.25, -0.2) is 0 Å². The second-order valence-electron chi connectivity index (χ2n) is 10.2. The number of hydrogen-bond donors (Lipinski definition) is 0. The van der Waals surface area contributed by atoms with Crippen molar-refractivity contribution in [2.75, 3.05) is 0 Å². The lowest BCUT2D eigenvalue weighted by Crippen LogP contribution is -2.02. The van der Waals surface area contributed by atoms with Crippen LogP contribution in [0, 0.1) is 5.92 Å². The summed E-state index contributed by atoms with van der Waals surface area (Å²) < 4.78 is 0. The molecule has 0 amide bonds. The predicted molar refractivity (Wildman–Crippen MR) is 162 cm³/mol. The van der Waals surface area contributed by atoms with Gasteiger partial charge < -0.3 is 0 Å². The van der Waals surface area contributed by atoms with Crippen LogP contribution in [0.4, 0.5) is 0 Å². The minimum Gasteiger partial charge on any atom is -0.0993 e. The highest BCUT2D eigenvalue weighted by atomic mass is 14.1. The van der Waals surface area contributed by atoms with Crippen molar-refractivity contribution in [3.05, 3.63) is 115 Å². The van der Waals surface area contributed by atoms with Crippen LogP contribution in [0.25, 0.3) is 16.7 Å². The highest BCUT2D eigenvalue weighted by Gasteiger charge is 2.08. The van der Waals surface area contributed by atoms with Crippen LogP contribution in [-0.4, -0.2) is 0 Å². The maximum absolute atomic E-state index is 4.35. The van der Waals surface area contributed by atoms with Crippen molar-refractivity contribution >= 4 is 5.57 Å². The zero-order chi connectivity index (χ0) is 26.0. The van der Waals surface area contributed by atoms with Gasteiger partial charge in [-0.05, 0) is 47.9 Å². The Kier molecular flexibility index (Phi) is 14.3. The number of benzene rings is 3. The molecule has 1 aliphatic carbocycles. The Morgan fingerprint density at radius 3 is 1.83 bits per heavy atom. The van der Waals surface area contributed by atoms with Crippen LogP contribution in [0.1, 0.15) is 89.7 Å². The van der Waals surface area contributed by atoms with Gasteiger partial charge in [0.1, 0.15) is 0 Å². The first-order chi connectivity index (χ1) is 17.5. The summed E-state index contributed by atoms with van der Waals surface area (Å²) in [6.07, 6.45) is 13.6. The number of hydrogen-bond acceptors (Lipinski definition) is 0. The Hall–Kier alpha value is -2.86. The summed E-state index contributed by atoms with van der Waals surface area (Å²) in [7, 11) is 0. The van der Waals surface area contributed by atoms with E-state index in [1.165, 1.54) is 85.6 Å². The fourth-order valence-corrected chi connectivity index (χ4v) is 3.98. The molecule has 1 fully saturated rings. The molecule has 0 bridgehead atoms. The zero-order valence-corrected chi connectivity index (χ0v) is 23.1. The van der Waals surface area contributed by atoms with Crippen molar-refractivity contribution in [2.45, 2.75) is 85.0 Å². The fraction of sp³-hybridized carbons (Fsp3) is 0.389. The van der Waals surface area contributed by atoms with Crippen LogP contribution in [0.2, 0.25) is 0 Å². The molecule has 192 valence electrons. The summed E-state index contributed by atoms with van der Waals surface area (Å²) >= 11 is 0. The molecular formula is C36H48. The van der Waals surface area contributed by atoms with Crippen LogP contribution in [0.3, 0.4) is 0 Å². The van der Waals surface area contributed by atoms with Gasteiger partial charge in [0, 0.05) is 0 Å². The second-order valence-corrected chi connectivity index (χ2v) is 10.2. The Morgan fingerprint density at radius 1 is 0.722 bits per heavy atom. The molecule has 0 nitrogen and oxygen atoms in total. The summed E-state index contributed by atoms with van der Waals surface area (Å²) in [4.78, 5) is 0. The largest absolute Gasteiger partial charge is 0.0993 e. The van der Waals surface area contributed by atoms with Crippen molar-refractivity contribution in [1.82, 2.24) is 0 Å². The standard InChI is InChI=1S/C23H30.C9H10.C4H8/c1-4-5-6-8-12-19(2)20(3)17-21-13-11-16-23(18-21)22-14-9-7-10-15-22;1-8(2)9-6-4-3-5-7-9;1-2-4-3-1/h7,9-11,13-16,18-19H,3-6,8,12,17H2,1-2H3;3-7H,1H2,2H3;1-4H2. The maximum Gasteiger partial charge on any atom is -0.00669 e. The smallest absolute Gasteiger partial charge is 0.00669 e. The van der Waals surface area contributed by atoms with E-state index in [-0.39, 0.29) is 0 Å². The molecule has 36 heavy (non-hydrogen) atoms. The number of rotatable bonds is 10. The zero-order valence-electron chi connectivity index (χ0n) is 23.1. The molecule has 0 aliphatic heterocycles.